The molecule has 0 aliphatic rings. The molecule has 0 heterocycles. The van der Waals surface area contributed by atoms with Crippen molar-refractivity contribution in [1.29, 1.82) is 0 Å². The highest BCUT2D eigenvalue weighted by molar-refractivity contribution is 6.59. The van der Waals surface area contributed by atoms with Crippen LogP contribution in [0.1, 0.15) is 0 Å². The first-order valence-electron chi connectivity index (χ1n) is 5.09. The molecule has 3 N–H and O–H groups in total. The highest BCUT2D eigenvalue weighted by atomic mass is 16.5. The van der Waals surface area contributed by atoms with E-state index in [0.717, 1.165) is 0 Å². The maximum atomic E-state index is 9.40. The molecule has 4 nitrogen and oxygen atoms in total. The predicted octanol–water partition coefficient (Wildman–Crippen LogP) is 0.864. The second kappa shape index (κ2) is 4.90. The average Bonchev–Trinajstić information content (AvgIpc) is 2.32. The lowest BCUT2D eigenvalue weighted by Gasteiger charge is -2.08. The van der Waals surface area contributed by atoms with Crippen molar-refractivity contribution in [3.63, 3.8) is 0 Å². The molecule has 5 heteroatoms. The van der Waals surface area contributed by atoms with Crippen molar-refractivity contribution >= 4 is 12.6 Å². The topological polar surface area (TPSA) is 69.9 Å². The average molecular weight is 230 g/mol. The Labute approximate surface area is 98.9 Å². The van der Waals surface area contributed by atoms with Crippen molar-refractivity contribution in [2.75, 3.05) is 0 Å². The minimum atomic E-state index is -1.73. The van der Waals surface area contributed by atoms with E-state index in [9.17, 15) is 5.11 Å². The molecule has 0 bridgehead atoms. The Morgan fingerprint density at radius 1 is 0.882 bits per heavy atom. The van der Waals surface area contributed by atoms with E-state index in [0.29, 0.717) is 11.5 Å². The summed E-state index contributed by atoms with van der Waals surface area (Å²) in [5, 5.41) is 27.5. The van der Waals surface area contributed by atoms with E-state index in [1.54, 1.807) is 18.2 Å². The van der Waals surface area contributed by atoms with Crippen LogP contribution in [0, 0.1) is 0 Å². The summed E-state index contributed by atoms with van der Waals surface area (Å²) in [5.74, 6) is 0.883. The number of ether oxygens (including phenoxy) is 1. The minimum absolute atomic E-state index is 0.0124. The molecule has 17 heavy (non-hydrogen) atoms. The maximum Gasteiger partial charge on any atom is 0.492 e. The summed E-state index contributed by atoms with van der Waals surface area (Å²) in [7, 11) is -1.73. The van der Waals surface area contributed by atoms with Gasteiger partial charge in [-0.15, -0.1) is 0 Å². The fourth-order valence-electron chi connectivity index (χ4n) is 1.43. The molecule has 2 aromatic carbocycles. The fraction of sp³-hybridized carbons (Fsp3) is 0. The minimum Gasteiger partial charge on any atom is -0.508 e. The van der Waals surface area contributed by atoms with Gasteiger partial charge >= 0.3 is 7.12 Å². The lowest BCUT2D eigenvalue weighted by molar-refractivity contribution is 0.418. The van der Waals surface area contributed by atoms with Gasteiger partial charge in [-0.1, -0.05) is 18.2 Å². The summed E-state index contributed by atoms with van der Waals surface area (Å²) in [4.78, 5) is 0. The molecular weight excluding hydrogens is 219 g/mol. The molecule has 0 fully saturated rings. The van der Waals surface area contributed by atoms with Crippen LogP contribution in [-0.4, -0.2) is 22.3 Å². The van der Waals surface area contributed by atoms with Gasteiger partial charge in [0.2, 0.25) is 0 Å². The van der Waals surface area contributed by atoms with Gasteiger partial charge in [-0.25, -0.2) is 0 Å². The predicted molar refractivity (Wildman–Crippen MR) is 64.4 cm³/mol. The lowest BCUT2D eigenvalue weighted by Crippen LogP contribution is -2.29. The third-order valence-electron chi connectivity index (χ3n) is 2.26. The Bertz CT molecular complexity index is 499. The number of para-hydroxylation sites is 1. The smallest absolute Gasteiger partial charge is 0.492 e. The van der Waals surface area contributed by atoms with Gasteiger partial charge in [-0.2, -0.15) is 0 Å². The molecule has 0 atom stereocenters. The van der Waals surface area contributed by atoms with Gasteiger partial charge in [0.25, 0.3) is 0 Å². The highest BCUT2D eigenvalue weighted by Gasteiger charge is 2.16. The Morgan fingerprint density at radius 2 is 1.59 bits per heavy atom. The number of aromatic hydroxyl groups is 1. The summed E-state index contributed by atoms with van der Waals surface area (Å²) in [6, 6.07) is 13.4. The van der Waals surface area contributed by atoms with E-state index in [-0.39, 0.29) is 11.2 Å². The van der Waals surface area contributed by atoms with Crippen molar-refractivity contribution in [3.05, 3.63) is 48.5 Å². The van der Waals surface area contributed by atoms with Crippen LogP contribution in [0.2, 0.25) is 0 Å². The van der Waals surface area contributed by atoms with E-state index >= 15 is 0 Å². The van der Waals surface area contributed by atoms with Crippen LogP contribution in [0.5, 0.6) is 17.2 Å². The number of rotatable bonds is 3. The molecule has 86 valence electrons. The zero-order chi connectivity index (χ0) is 12.3. The Kier molecular flexibility index (Phi) is 3.32. The molecule has 2 aromatic rings. The molecule has 0 radical (unpaired) electrons. The van der Waals surface area contributed by atoms with Crippen molar-refractivity contribution in [2.45, 2.75) is 0 Å². The van der Waals surface area contributed by atoms with Gasteiger partial charge in [0, 0.05) is 5.46 Å². The normalized spacial score (nSPS) is 10.0. The van der Waals surface area contributed by atoms with Gasteiger partial charge in [0.1, 0.15) is 17.2 Å². The van der Waals surface area contributed by atoms with Gasteiger partial charge in [-0.05, 0) is 30.3 Å². The Morgan fingerprint density at radius 3 is 2.24 bits per heavy atom. The van der Waals surface area contributed by atoms with Crippen LogP contribution in [0.4, 0.5) is 0 Å². The number of hydrogen-bond acceptors (Lipinski definition) is 4. The number of benzene rings is 2. The first-order chi connectivity index (χ1) is 8.16. The molecule has 0 amide bonds. The fourth-order valence-corrected chi connectivity index (χ4v) is 1.43. The van der Waals surface area contributed by atoms with Gasteiger partial charge in [0.15, 0.2) is 0 Å². The first kappa shape index (κ1) is 11.5. The van der Waals surface area contributed by atoms with E-state index in [2.05, 4.69) is 0 Å². The van der Waals surface area contributed by atoms with Gasteiger partial charge in [0.05, 0.1) is 0 Å². The molecule has 0 aliphatic heterocycles. The summed E-state index contributed by atoms with van der Waals surface area (Å²) in [5.41, 5.74) is 0.0124. The van der Waals surface area contributed by atoms with Crippen LogP contribution in [0.15, 0.2) is 48.5 Å². The summed E-state index contributed by atoms with van der Waals surface area (Å²) in [6.45, 7) is 0. The quantitative estimate of drug-likeness (QED) is 0.684. The molecular formula is C12H11BO4. The van der Waals surface area contributed by atoms with E-state index in [4.69, 9.17) is 14.8 Å². The maximum absolute atomic E-state index is 9.40. The van der Waals surface area contributed by atoms with Crippen molar-refractivity contribution in [1.82, 2.24) is 0 Å². The van der Waals surface area contributed by atoms with Crippen LogP contribution in [-0.2, 0) is 0 Å². The van der Waals surface area contributed by atoms with E-state index in [1.165, 1.54) is 12.1 Å². The third kappa shape index (κ3) is 2.78. The highest BCUT2D eigenvalue weighted by Crippen LogP contribution is 2.21. The van der Waals surface area contributed by atoms with Crippen LogP contribution in [0.3, 0.4) is 0 Å². The van der Waals surface area contributed by atoms with Gasteiger partial charge in [-0.3, -0.25) is 0 Å². The van der Waals surface area contributed by atoms with E-state index < -0.39 is 7.12 Å². The van der Waals surface area contributed by atoms with E-state index in [1.807, 2.05) is 18.2 Å². The zero-order valence-corrected chi connectivity index (χ0v) is 8.95. The molecule has 0 saturated carbocycles. The largest absolute Gasteiger partial charge is 0.508 e. The van der Waals surface area contributed by atoms with Gasteiger partial charge < -0.3 is 19.9 Å². The third-order valence-corrected chi connectivity index (χ3v) is 2.26. The molecule has 0 unspecified atom stereocenters. The van der Waals surface area contributed by atoms with Crippen LogP contribution < -0.4 is 10.2 Å². The number of hydrogen-bond donors (Lipinski definition) is 3. The summed E-state index contributed by atoms with van der Waals surface area (Å²) >= 11 is 0. The standard InChI is InChI=1S/C12H11BO4/c14-12-7-6-10(8-11(12)13(15)16)17-9-4-2-1-3-5-9/h1-8,14-16H. The second-order valence-corrected chi connectivity index (χ2v) is 3.51. The Balaban J connectivity index is 2.26. The summed E-state index contributed by atoms with van der Waals surface area (Å²) < 4.78 is 5.49. The van der Waals surface area contributed by atoms with Crippen molar-refractivity contribution < 1.29 is 19.9 Å². The molecule has 0 spiro atoms. The van der Waals surface area contributed by atoms with Crippen molar-refractivity contribution in [3.8, 4) is 17.2 Å². The summed E-state index contributed by atoms with van der Waals surface area (Å²) in [6.07, 6.45) is 0. The first-order valence-corrected chi connectivity index (χ1v) is 5.09. The second-order valence-electron chi connectivity index (χ2n) is 3.51. The Hall–Kier alpha value is -1.98. The van der Waals surface area contributed by atoms with Crippen LogP contribution in [0.25, 0.3) is 0 Å². The lowest BCUT2D eigenvalue weighted by atomic mass is 9.79. The van der Waals surface area contributed by atoms with Crippen LogP contribution >= 0.6 is 0 Å². The van der Waals surface area contributed by atoms with Crippen molar-refractivity contribution in [2.24, 2.45) is 0 Å². The zero-order valence-electron chi connectivity index (χ0n) is 8.95. The SMILES string of the molecule is OB(O)c1cc(Oc2ccccc2)ccc1O. The number of phenolic OH excluding ortho intramolecular Hbond substituents is 1. The molecule has 2 rings (SSSR count). The number of phenols is 1. The monoisotopic (exact) mass is 230 g/mol. The molecule has 0 saturated heterocycles. The molecule has 0 aliphatic carbocycles. The molecule has 0 aromatic heterocycles.